The van der Waals surface area contributed by atoms with Gasteiger partial charge in [-0.25, -0.2) is 4.98 Å². The van der Waals surface area contributed by atoms with Crippen molar-refractivity contribution >= 4 is 22.7 Å². The highest BCUT2D eigenvalue weighted by atomic mass is 32.2. The van der Waals surface area contributed by atoms with E-state index in [0.717, 1.165) is 17.0 Å². The predicted octanol–water partition coefficient (Wildman–Crippen LogP) is 3.41. The molecule has 2 aromatic carbocycles. The van der Waals surface area contributed by atoms with Crippen molar-refractivity contribution in [3.63, 3.8) is 0 Å². The van der Waals surface area contributed by atoms with Crippen LogP contribution in [0.4, 0.5) is 0 Å². The lowest BCUT2D eigenvalue weighted by Gasteiger charge is -2.09. The second-order valence-corrected chi connectivity index (χ2v) is 6.35. The molecule has 0 bridgehead atoms. The molecule has 0 saturated carbocycles. The van der Waals surface area contributed by atoms with Crippen molar-refractivity contribution in [3.8, 4) is 5.75 Å². The molecule has 5 heteroatoms. The number of thioether (sulfide) groups is 1. The largest absolute Gasteiger partial charge is 0.493 e. The van der Waals surface area contributed by atoms with Crippen LogP contribution in [-0.4, -0.2) is 21.9 Å². The number of ether oxygens (including phenoxy) is 1. The number of benzene rings is 2. The van der Waals surface area contributed by atoms with E-state index in [2.05, 4.69) is 4.98 Å². The van der Waals surface area contributed by atoms with Crippen LogP contribution in [0, 0.1) is 6.92 Å². The van der Waals surface area contributed by atoms with Gasteiger partial charge in [0.25, 0.3) is 5.56 Å². The highest BCUT2D eigenvalue weighted by Gasteiger charge is 2.08. The van der Waals surface area contributed by atoms with Crippen LogP contribution in [0.15, 0.2) is 58.5 Å². The van der Waals surface area contributed by atoms with E-state index in [1.54, 1.807) is 17.7 Å². The predicted molar refractivity (Wildman–Crippen MR) is 94.4 cm³/mol. The van der Waals surface area contributed by atoms with Gasteiger partial charge in [0.1, 0.15) is 5.75 Å². The van der Waals surface area contributed by atoms with Crippen molar-refractivity contribution in [2.75, 3.05) is 12.4 Å². The van der Waals surface area contributed by atoms with Gasteiger partial charge in [0.2, 0.25) is 0 Å². The molecule has 0 saturated heterocycles. The highest BCUT2D eigenvalue weighted by Crippen LogP contribution is 2.17. The fourth-order valence-electron chi connectivity index (χ4n) is 2.25. The van der Waals surface area contributed by atoms with Gasteiger partial charge < -0.3 is 4.74 Å². The van der Waals surface area contributed by atoms with E-state index in [4.69, 9.17) is 4.74 Å². The maximum atomic E-state index is 12.3. The molecule has 118 valence electrons. The summed E-state index contributed by atoms with van der Waals surface area (Å²) in [7, 11) is 1.75. The Labute approximate surface area is 139 Å². The molecule has 1 aromatic heterocycles. The summed E-state index contributed by atoms with van der Waals surface area (Å²) in [5.74, 6) is 1.59. The SMILES string of the molecule is Cc1ccc(OCCSc2nc3ccccc3c(=O)n2C)cc1. The number of fused-ring (bicyclic) bond motifs is 1. The Morgan fingerprint density at radius 2 is 1.87 bits per heavy atom. The van der Waals surface area contributed by atoms with Crippen LogP contribution in [0.5, 0.6) is 5.75 Å². The van der Waals surface area contributed by atoms with Gasteiger partial charge in [0.15, 0.2) is 5.16 Å². The molecule has 0 atom stereocenters. The first-order chi connectivity index (χ1) is 11.1. The summed E-state index contributed by atoms with van der Waals surface area (Å²) in [5, 5.41) is 1.36. The molecule has 0 amide bonds. The van der Waals surface area contributed by atoms with E-state index in [0.29, 0.717) is 17.1 Å². The highest BCUT2D eigenvalue weighted by molar-refractivity contribution is 7.99. The van der Waals surface area contributed by atoms with Crippen molar-refractivity contribution in [1.29, 1.82) is 0 Å². The summed E-state index contributed by atoms with van der Waals surface area (Å²) < 4.78 is 7.30. The van der Waals surface area contributed by atoms with Gasteiger partial charge in [-0.15, -0.1) is 0 Å². The molecule has 0 radical (unpaired) electrons. The minimum Gasteiger partial charge on any atom is -0.493 e. The molecule has 1 heterocycles. The number of aromatic nitrogens is 2. The Balaban J connectivity index is 1.66. The van der Waals surface area contributed by atoms with E-state index < -0.39 is 0 Å². The molecule has 0 fully saturated rings. The monoisotopic (exact) mass is 326 g/mol. The zero-order valence-electron chi connectivity index (χ0n) is 13.2. The molecule has 23 heavy (non-hydrogen) atoms. The molecule has 3 aromatic rings. The minimum atomic E-state index is -0.0162. The van der Waals surface area contributed by atoms with Crippen molar-refractivity contribution in [1.82, 2.24) is 9.55 Å². The number of nitrogens with zero attached hydrogens (tertiary/aromatic N) is 2. The second kappa shape index (κ2) is 6.87. The van der Waals surface area contributed by atoms with E-state index in [9.17, 15) is 4.79 Å². The van der Waals surface area contributed by atoms with E-state index >= 15 is 0 Å². The summed E-state index contributed by atoms with van der Waals surface area (Å²) in [4.78, 5) is 16.9. The van der Waals surface area contributed by atoms with E-state index in [1.807, 2.05) is 49.4 Å². The number of hydrogen-bond donors (Lipinski definition) is 0. The summed E-state index contributed by atoms with van der Waals surface area (Å²) >= 11 is 1.53. The molecule has 3 rings (SSSR count). The number of hydrogen-bond acceptors (Lipinski definition) is 4. The van der Waals surface area contributed by atoms with Gasteiger partial charge in [0.05, 0.1) is 17.5 Å². The summed E-state index contributed by atoms with van der Waals surface area (Å²) in [6, 6.07) is 15.4. The molecule has 0 aliphatic heterocycles. The maximum absolute atomic E-state index is 12.3. The van der Waals surface area contributed by atoms with Crippen LogP contribution in [0.1, 0.15) is 5.56 Å². The molecule has 0 aliphatic carbocycles. The van der Waals surface area contributed by atoms with Gasteiger partial charge in [-0.1, -0.05) is 41.6 Å². The Hall–Kier alpha value is -2.27. The zero-order valence-corrected chi connectivity index (χ0v) is 14.0. The summed E-state index contributed by atoms with van der Waals surface area (Å²) in [6.07, 6.45) is 0. The second-order valence-electron chi connectivity index (χ2n) is 5.29. The van der Waals surface area contributed by atoms with Gasteiger partial charge >= 0.3 is 0 Å². The van der Waals surface area contributed by atoms with Crippen molar-refractivity contribution in [2.24, 2.45) is 7.05 Å². The Morgan fingerprint density at radius 3 is 2.65 bits per heavy atom. The summed E-state index contributed by atoms with van der Waals surface area (Å²) in [5.41, 5.74) is 1.93. The van der Waals surface area contributed by atoms with Crippen LogP contribution in [0.2, 0.25) is 0 Å². The fraction of sp³-hybridized carbons (Fsp3) is 0.222. The van der Waals surface area contributed by atoms with Crippen LogP contribution in [0.25, 0.3) is 10.9 Å². The fourth-order valence-corrected chi connectivity index (χ4v) is 3.04. The van der Waals surface area contributed by atoms with Crippen molar-refractivity contribution in [3.05, 3.63) is 64.4 Å². The molecule has 0 aliphatic rings. The first-order valence-corrected chi connectivity index (χ1v) is 8.42. The topological polar surface area (TPSA) is 44.1 Å². The lowest BCUT2D eigenvalue weighted by Crippen LogP contribution is -2.20. The first kappa shape index (κ1) is 15.6. The van der Waals surface area contributed by atoms with Crippen LogP contribution < -0.4 is 10.3 Å². The molecule has 4 nitrogen and oxygen atoms in total. The number of para-hydroxylation sites is 1. The third kappa shape index (κ3) is 3.56. The number of aryl methyl sites for hydroxylation is 1. The first-order valence-electron chi connectivity index (χ1n) is 7.43. The Bertz CT molecular complexity index is 872. The molecule has 0 N–H and O–H groups in total. The third-order valence-corrected chi connectivity index (χ3v) is 4.54. The lowest BCUT2D eigenvalue weighted by atomic mass is 10.2. The van der Waals surface area contributed by atoms with Crippen LogP contribution in [0.3, 0.4) is 0 Å². The Kier molecular flexibility index (Phi) is 4.67. The van der Waals surface area contributed by atoms with Crippen LogP contribution >= 0.6 is 11.8 Å². The zero-order chi connectivity index (χ0) is 16.2. The normalized spacial score (nSPS) is 10.9. The maximum Gasteiger partial charge on any atom is 0.261 e. The average Bonchev–Trinajstić information content (AvgIpc) is 2.57. The van der Waals surface area contributed by atoms with E-state index in [-0.39, 0.29) is 5.56 Å². The lowest BCUT2D eigenvalue weighted by molar-refractivity contribution is 0.343. The Morgan fingerprint density at radius 1 is 1.13 bits per heavy atom. The number of rotatable bonds is 5. The average molecular weight is 326 g/mol. The van der Waals surface area contributed by atoms with E-state index in [1.165, 1.54) is 17.3 Å². The smallest absolute Gasteiger partial charge is 0.261 e. The quantitative estimate of drug-likeness (QED) is 0.409. The van der Waals surface area contributed by atoms with Crippen molar-refractivity contribution < 1.29 is 4.74 Å². The summed E-state index contributed by atoms with van der Waals surface area (Å²) in [6.45, 7) is 2.61. The molecular formula is C18H18N2O2S. The van der Waals surface area contributed by atoms with Gasteiger partial charge in [-0.05, 0) is 31.2 Å². The minimum absolute atomic E-state index is 0.0162. The standard InChI is InChI=1S/C18H18N2O2S/c1-13-7-9-14(10-8-13)22-11-12-23-18-19-16-6-4-3-5-15(16)17(21)20(18)2/h3-10H,11-12H2,1-2H3. The third-order valence-electron chi connectivity index (χ3n) is 3.55. The van der Waals surface area contributed by atoms with Gasteiger partial charge in [-0.2, -0.15) is 0 Å². The van der Waals surface area contributed by atoms with Crippen LogP contribution in [-0.2, 0) is 7.05 Å². The van der Waals surface area contributed by atoms with Gasteiger partial charge in [-0.3, -0.25) is 9.36 Å². The van der Waals surface area contributed by atoms with Crippen molar-refractivity contribution in [2.45, 2.75) is 12.1 Å². The molecule has 0 unspecified atom stereocenters. The van der Waals surface area contributed by atoms with Gasteiger partial charge in [0, 0.05) is 12.8 Å². The molecule has 0 spiro atoms. The molecular weight excluding hydrogens is 308 g/mol.